The molecule has 4 rings (SSSR count). The van der Waals surface area contributed by atoms with Crippen LogP contribution in [0, 0.1) is 0 Å². The molecule has 1 heterocycles. The lowest BCUT2D eigenvalue weighted by atomic mass is 10.1. The van der Waals surface area contributed by atoms with Gasteiger partial charge in [0.2, 0.25) is 0 Å². The highest BCUT2D eigenvalue weighted by Crippen LogP contribution is 2.20. The van der Waals surface area contributed by atoms with Crippen LogP contribution >= 0.6 is 0 Å². The quantitative estimate of drug-likeness (QED) is 0.524. The number of amides is 1. The number of carbonyl (C=O) groups is 3. The Morgan fingerprint density at radius 1 is 0.800 bits per heavy atom. The molecular formula is C27H30N2O6. The summed E-state index contributed by atoms with van der Waals surface area (Å²) in [4.78, 5) is 35.1. The molecule has 3 aromatic rings. The lowest BCUT2D eigenvalue weighted by Gasteiger charge is -2.34. The van der Waals surface area contributed by atoms with Crippen LogP contribution in [0.1, 0.15) is 18.1 Å². The van der Waals surface area contributed by atoms with E-state index in [1.165, 1.54) is 16.5 Å². The van der Waals surface area contributed by atoms with Crippen LogP contribution in [0.25, 0.3) is 10.8 Å². The van der Waals surface area contributed by atoms with Crippen molar-refractivity contribution < 1.29 is 29.3 Å². The van der Waals surface area contributed by atoms with Crippen LogP contribution in [-0.4, -0.2) is 70.6 Å². The van der Waals surface area contributed by atoms with Crippen molar-refractivity contribution in [2.45, 2.75) is 19.9 Å². The minimum absolute atomic E-state index is 0.0603. The van der Waals surface area contributed by atoms with Gasteiger partial charge in [0.25, 0.3) is 5.91 Å². The second-order valence-corrected chi connectivity index (χ2v) is 8.23. The highest BCUT2D eigenvalue weighted by atomic mass is 16.5. The number of ether oxygens (including phenoxy) is 1. The number of hydrogen-bond donors (Lipinski definition) is 2. The SMILES string of the molecule is CCc1ccc(CN2CCN(C(=O)COc3ccc4ccccc4c3)CC2)cc1.O=C(O)C(=O)O. The molecule has 0 atom stereocenters. The van der Waals surface area contributed by atoms with E-state index >= 15 is 0 Å². The van der Waals surface area contributed by atoms with Crippen LogP contribution in [0.2, 0.25) is 0 Å². The van der Waals surface area contributed by atoms with E-state index < -0.39 is 11.9 Å². The number of carboxylic acids is 2. The van der Waals surface area contributed by atoms with E-state index in [-0.39, 0.29) is 12.5 Å². The molecule has 0 aliphatic carbocycles. The number of piperazine rings is 1. The number of benzene rings is 3. The van der Waals surface area contributed by atoms with E-state index in [1.54, 1.807) is 0 Å². The molecular weight excluding hydrogens is 448 g/mol. The van der Waals surface area contributed by atoms with Gasteiger partial charge in [-0.25, -0.2) is 9.59 Å². The first kappa shape index (κ1) is 25.7. The fourth-order valence-corrected chi connectivity index (χ4v) is 3.79. The summed E-state index contributed by atoms with van der Waals surface area (Å²) in [5.41, 5.74) is 2.71. The number of carboxylic acid groups (broad SMARTS) is 2. The molecule has 0 aromatic heterocycles. The average Bonchev–Trinajstić information content (AvgIpc) is 2.88. The van der Waals surface area contributed by atoms with Crippen molar-refractivity contribution in [1.29, 1.82) is 0 Å². The molecule has 1 aliphatic rings. The molecule has 0 unspecified atom stereocenters. The Morgan fingerprint density at radius 3 is 2.00 bits per heavy atom. The van der Waals surface area contributed by atoms with E-state index in [9.17, 15) is 4.79 Å². The van der Waals surface area contributed by atoms with Crippen molar-refractivity contribution >= 4 is 28.6 Å². The van der Waals surface area contributed by atoms with Crippen LogP contribution in [0.4, 0.5) is 0 Å². The number of nitrogens with zero attached hydrogens (tertiary/aromatic N) is 2. The highest BCUT2D eigenvalue weighted by Gasteiger charge is 2.21. The summed E-state index contributed by atoms with van der Waals surface area (Å²) >= 11 is 0. The van der Waals surface area contributed by atoms with Gasteiger partial charge in [0.15, 0.2) is 6.61 Å². The molecule has 0 spiro atoms. The molecule has 2 N–H and O–H groups in total. The standard InChI is InChI=1S/C25H28N2O2.C2H2O4/c1-2-20-7-9-21(10-8-20)18-26-13-15-27(16-14-26)25(28)19-29-24-12-11-22-5-3-4-6-23(22)17-24;3-1(4)2(5)6/h3-12,17H,2,13-16,18-19H2,1H3;(H,3,4)(H,5,6). The van der Waals surface area contributed by atoms with Crippen molar-refractivity contribution in [3.63, 3.8) is 0 Å². The largest absolute Gasteiger partial charge is 0.484 e. The first-order chi connectivity index (χ1) is 16.9. The Hall–Kier alpha value is -3.91. The average molecular weight is 479 g/mol. The van der Waals surface area contributed by atoms with Gasteiger partial charge < -0.3 is 19.8 Å². The highest BCUT2D eigenvalue weighted by molar-refractivity contribution is 6.27. The Labute approximate surface area is 204 Å². The molecule has 1 aliphatic heterocycles. The first-order valence-electron chi connectivity index (χ1n) is 11.5. The third kappa shape index (κ3) is 7.82. The van der Waals surface area contributed by atoms with Crippen molar-refractivity contribution in [3.05, 3.63) is 77.9 Å². The van der Waals surface area contributed by atoms with Crippen LogP contribution in [-0.2, 0) is 27.3 Å². The van der Waals surface area contributed by atoms with E-state index in [0.717, 1.165) is 50.3 Å². The Bertz CT molecular complexity index is 1140. The lowest BCUT2D eigenvalue weighted by molar-refractivity contribution is -0.159. The Kier molecular flexibility index (Phi) is 9.20. The fourth-order valence-electron chi connectivity index (χ4n) is 3.79. The summed E-state index contributed by atoms with van der Waals surface area (Å²) in [5, 5.41) is 17.1. The van der Waals surface area contributed by atoms with Crippen LogP contribution in [0.15, 0.2) is 66.7 Å². The van der Waals surface area contributed by atoms with Crippen molar-refractivity contribution in [2.75, 3.05) is 32.8 Å². The second kappa shape index (κ2) is 12.5. The number of fused-ring (bicyclic) bond motifs is 1. The number of aryl methyl sites for hydroxylation is 1. The summed E-state index contributed by atoms with van der Waals surface area (Å²) in [5.74, 6) is -2.85. The molecule has 1 saturated heterocycles. The van der Waals surface area contributed by atoms with E-state index in [1.807, 2.05) is 35.2 Å². The van der Waals surface area contributed by atoms with Gasteiger partial charge in [0.1, 0.15) is 5.75 Å². The Balaban J connectivity index is 0.000000509. The van der Waals surface area contributed by atoms with Gasteiger partial charge in [-0.1, -0.05) is 61.5 Å². The zero-order valence-corrected chi connectivity index (χ0v) is 19.7. The van der Waals surface area contributed by atoms with Crippen LogP contribution < -0.4 is 4.74 Å². The Morgan fingerprint density at radius 2 is 1.40 bits per heavy atom. The molecule has 35 heavy (non-hydrogen) atoms. The van der Waals surface area contributed by atoms with Gasteiger partial charge in [0, 0.05) is 32.7 Å². The predicted molar refractivity (Wildman–Crippen MR) is 132 cm³/mol. The summed E-state index contributed by atoms with van der Waals surface area (Å²) in [6.45, 7) is 6.53. The lowest BCUT2D eigenvalue weighted by Crippen LogP contribution is -2.49. The topological polar surface area (TPSA) is 107 Å². The molecule has 3 aromatic carbocycles. The number of aliphatic carboxylic acids is 2. The summed E-state index contributed by atoms with van der Waals surface area (Å²) in [7, 11) is 0. The molecule has 8 heteroatoms. The summed E-state index contributed by atoms with van der Waals surface area (Å²) in [6.07, 6.45) is 1.07. The third-order valence-electron chi connectivity index (χ3n) is 5.83. The zero-order valence-electron chi connectivity index (χ0n) is 19.7. The van der Waals surface area contributed by atoms with Crippen molar-refractivity contribution in [3.8, 4) is 5.75 Å². The molecule has 184 valence electrons. The number of hydrogen-bond acceptors (Lipinski definition) is 5. The maximum atomic E-state index is 12.6. The van der Waals surface area contributed by atoms with E-state index in [0.29, 0.717) is 0 Å². The van der Waals surface area contributed by atoms with Gasteiger partial charge in [-0.15, -0.1) is 0 Å². The number of carbonyl (C=O) groups excluding carboxylic acids is 1. The number of rotatable bonds is 6. The van der Waals surface area contributed by atoms with Crippen LogP contribution in [0.3, 0.4) is 0 Å². The smallest absolute Gasteiger partial charge is 0.414 e. The maximum absolute atomic E-state index is 12.6. The van der Waals surface area contributed by atoms with E-state index in [2.05, 4.69) is 48.2 Å². The van der Waals surface area contributed by atoms with Gasteiger partial charge in [-0.3, -0.25) is 9.69 Å². The summed E-state index contributed by atoms with van der Waals surface area (Å²) < 4.78 is 5.77. The zero-order chi connectivity index (χ0) is 25.2. The van der Waals surface area contributed by atoms with E-state index in [4.69, 9.17) is 24.5 Å². The molecule has 0 radical (unpaired) electrons. The molecule has 0 bridgehead atoms. The molecule has 1 amide bonds. The molecule has 8 nitrogen and oxygen atoms in total. The van der Waals surface area contributed by atoms with Gasteiger partial charge in [-0.2, -0.15) is 0 Å². The maximum Gasteiger partial charge on any atom is 0.414 e. The minimum Gasteiger partial charge on any atom is -0.484 e. The summed E-state index contributed by atoms with van der Waals surface area (Å²) in [6, 6.07) is 22.9. The second-order valence-electron chi connectivity index (χ2n) is 8.23. The monoisotopic (exact) mass is 478 g/mol. The minimum atomic E-state index is -1.82. The molecule has 1 fully saturated rings. The van der Waals surface area contributed by atoms with Gasteiger partial charge in [0.05, 0.1) is 0 Å². The van der Waals surface area contributed by atoms with Gasteiger partial charge >= 0.3 is 11.9 Å². The predicted octanol–water partition coefficient (Wildman–Crippen LogP) is 3.28. The third-order valence-corrected chi connectivity index (χ3v) is 5.83. The first-order valence-corrected chi connectivity index (χ1v) is 11.5. The van der Waals surface area contributed by atoms with Gasteiger partial charge in [-0.05, 0) is 40.5 Å². The molecule has 0 saturated carbocycles. The van der Waals surface area contributed by atoms with Crippen molar-refractivity contribution in [2.24, 2.45) is 0 Å². The normalized spacial score (nSPS) is 13.6. The van der Waals surface area contributed by atoms with Crippen LogP contribution in [0.5, 0.6) is 5.75 Å². The van der Waals surface area contributed by atoms with Crippen molar-refractivity contribution in [1.82, 2.24) is 9.80 Å². The fraction of sp³-hybridized carbons (Fsp3) is 0.296.